The van der Waals surface area contributed by atoms with E-state index in [2.05, 4.69) is 20.2 Å². The Morgan fingerprint density at radius 2 is 2.10 bits per heavy atom. The summed E-state index contributed by atoms with van der Waals surface area (Å²) in [5.74, 6) is 1.54. The fourth-order valence-electron chi connectivity index (χ4n) is 3.06. The minimum Gasteiger partial charge on any atom is -0.319 e. The fourth-order valence-corrected chi connectivity index (χ4v) is 3.06. The van der Waals surface area contributed by atoms with Crippen molar-refractivity contribution in [1.82, 2.24) is 20.2 Å². The van der Waals surface area contributed by atoms with Gasteiger partial charge >= 0.3 is 0 Å². The van der Waals surface area contributed by atoms with Gasteiger partial charge in [0.15, 0.2) is 0 Å². The first-order valence-corrected chi connectivity index (χ1v) is 7.61. The number of rotatable bonds is 4. The SMILES string of the molecule is CNCC1CCN(Cc2nc3ccccc3c(=O)[nH]2)CC1. The van der Waals surface area contributed by atoms with Gasteiger partial charge in [0.2, 0.25) is 0 Å². The van der Waals surface area contributed by atoms with Crippen molar-refractivity contribution in [2.75, 3.05) is 26.7 Å². The molecule has 3 rings (SSSR count). The van der Waals surface area contributed by atoms with E-state index >= 15 is 0 Å². The molecule has 0 spiro atoms. The highest BCUT2D eigenvalue weighted by Gasteiger charge is 2.19. The van der Waals surface area contributed by atoms with Gasteiger partial charge in [-0.3, -0.25) is 9.69 Å². The summed E-state index contributed by atoms with van der Waals surface area (Å²) in [6.45, 7) is 3.97. The summed E-state index contributed by atoms with van der Waals surface area (Å²) in [7, 11) is 2.01. The Morgan fingerprint density at radius 1 is 1.33 bits per heavy atom. The smallest absolute Gasteiger partial charge is 0.258 e. The van der Waals surface area contributed by atoms with Gasteiger partial charge in [-0.05, 0) is 57.6 Å². The molecular weight excluding hydrogens is 264 g/mol. The molecule has 1 aliphatic rings. The lowest BCUT2D eigenvalue weighted by molar-refractivity contribution is 0.173. The van der Waals surface area contributed by atoms with E-state index < -0.39 is 0 Å². The molecule has 5 nitrogen and oxygen atoms in total. The van der Waals surface area contributed by atoms with Gasteiger partial charge in [0.05, 0.1) is 17.4 Å². The Hall–Kier alpha value is -1.72. The summed E-state index contributed by atoms with van der Waals surface area (Å²) in [6, 6.07) is 7.49. The van der Waals surface area contributed by atoms with E-state index in [-0.39, 0.29) is 5.56 Å². The summed E-state index contributed by atoms with van der Waals surface area (Å²) in [5.41, 5.74) is 0.738. The van der Waals surface area contributed by atoms with Crippen LogP contribution < -0.4 is 10.9 Å². The highest BCUT2D eigenvalue weighted by atomic mass is 16.1. The molecule has 112 valence electrons. The largest absolute Gasteiger partial charge is 0.319 e. The van der Waals surface area contributed by atoms with Crippen LogP contribution in [0.4, 0.5) is 0 Å². The third-order valence-corrected chi connectivity index (χ3v) is 4.24. The molecule has 2 aromatic rings. The Labute approximate surface area is 124 Å². The van der Waals surface area contributed by atoms with Crippen LogP contribution in [0.15, 0.2) is 29.1 Å². The Bertz CT molecular complexity index is 659. The molecule has 2 heterocycles. The molecule has 2 N–H and O–H groups in total. The van der Waals surface area contributed by atoms with Gasteiger partial charge in [-0.15, -0.1) is 0 Å². The predicted molar refractivity (Wildman–Crippen MR) is 84.3 cm³/mol. The van der Waals surface area contributed by atoms with Crippen LogP contribution in [0.1, 0.15) is 18.7 Å². The summed E-state index contributed by atoms with van der Waals surface area (Å²) < 4.78 is 0. The van der Waals surface area contributed by atoms with E-state index in [0.717, 1.165) is 43.4 Å². The van der Waals surface area contributed by atoms with Gasteiger partial charge in [0.25, 0.3) is 5.56 Å². The standard InChI is InChI=1S/C16H22N4O/c1-17-10-12-6-8-20(9-7-12)11-15-18-14-5-3-2-4-13(14)16(21)19-15/h2-5,12,17H,6-11H2,1H3,(H,18,19,21). The molecule has 1 saturated heterocycles. The van der Waals surface area contributed by atoms with Crippen LogP contribution in [0, 0.1) is 5.92 Å². The average Bonchev–Trinajstić information content (AvgIpc) is 2.50. The van der Waals surface area contributed by atoms with Crippen molar-refractivity contribution in [3.05, 3.63) is 40.4 Å². The first-order chi connectivity index (χ1) is 10.3. The van der Waals surface area contributed by atoms with Gasteiger partial charge < -0.3 is 10.3 Å². The number of piperidine rings is 1. The fraction of sp³-hybridized carbons (Fsp3) is 0.500. The number of hydrogen-bond donors (Lipinski definition) is 2. The highest BCUT2D eigenvalue weighted by Crippen LogP contribution is 2.17. The third-order valence-electron chi connectivity index (χ3n) is 4.24. The lowest BCUT2D eigenvalue weighted by Gasteiger charge is -2.31. The summed E-state index contributed by atoms with van der Waals surface area (Å²) in [5, 5.41) is 3.91. The van der Waals surface area contributed by atoms with Crippen molar-refractivity contribution >= 4 is 10.9 Å². The number of fused-ring (bicyclic) bond motifs is 1. The maximum absolute atomic E-state index is 12.1. The second kappa shape index (κ2) is 6.37. The molecule has 0 radical (unpaired) electrons. The molecule has 0 atom stereocenters. The molecule has 1 aromatic heterocycles. The number of hydrogen-bond acceptors (Lipinski definition) is 4. The Balaban J connectivity index is 1.70. The van der Waals surface area contributed by atoms with E-state index in [0.29, 0.717) is 5.39 Å². The van der Waals surface area contributed by atoms with Crippen LogP contribution in [0.2, 0.25) is 0 Å². The molecule has 1 aromatic carbocycles. The van der Waals surface area contributed by atoms with Gasteiger partial charge in [0.1, 0.15) is 5.82 Å². The second-order valence-electron chi connectivity index (χ2n) is 5.81. The molecule has 1 fully saturated rings. The van der Waals surface area contributed by atoms with Crippen molar-refractivity contribution < 1.29 is 0 Å². The predicted octanol–water partition coefficient (Wildman–Crippen LogP) is 1.35. The first-order valence-electron chi connectivity index (χ1n) is 7.61. The number of para-hydroxylation sites is 1. The van der Waals surface area contributed by atoms with Crippen LogP contribution in [0.5, 0.6) is 0 Å². The number of nitrogens with zero attached hydrogens (tertiary/aromatic N) is 2. The van der Waals surface area contributed by atoms with E-state index in [1.807, 2.05) is 31.3 Å². The number of benzene rings is 1. The van der Waals surface area contributed by atoms with Gasteiger partial charge in [-0.1, -0.05) is 12.1 Å². The molecule has 5 heteroatoms. The van der Waals surface area contributed by atoms with Crippen LogP contribution in [0.25, 0.3) is 10.9 Å². The number of aromatic amines is 1. The first kappa shape index (κ1) is 14.2. The topological polar surface area (TPSA) is 61.0 Å². The minimum atomic E-state index is -0.0410. The van der Waals surface area contributed by atoms with Crippen LogP contribution >= 0.6 is 0 Å². The number of aromatic nitrogens is 2. The maximum Gasteiger partial charge on any atom is 0.258 e. The summed E-state index contributed by atoms with van der Waals surface area (Å²) in [6.07, 6.45) is 2.41. The molecular formula is C16H22N4O. The monoisotopic (exact) mass is 286 g/mol. The van der Waals surface area contributed by atoms with Gasteiger partial charge in [-0.2, -0.15) is 0 Å². The van der Waals surface area contributed by atoms with E-state index in [9.17, 15) is 4.79 Å². The number of H-pyrrole nitrogens is 1. The van der Waals surface area contributed by atoms with Crippen LogP contribution in [0.3, 0.4) is 0 Å². The van der Waals surface area contributed by atoms with E-state index in [1.54, 1.807) is 0 Å². The van der Waals surface area contributed by atoms with Gasteiger partial charge in [-0.25, -0.2) is 4.98 Å². The average molecular weight is 286 g/mol. The lowest BCUT2D eigenvalue weighted by atomic mass is 9.97. The zero-order chi connectivity index (χ0) is 14.7. The molecule has 1 aliphatic heterocycles. The molecule has 0 aliphatic carbocycles. The van der Waals surface area contributed by atoms with Crippen LogP contribution in [-0.4, -0.2) is 41.5 Å². The lowest BCUT2D eigenvalue weighted by Crippen LogP contribution is -2.37. The van der Waals surface area contributed by atoms with Crippen molar-refractivity contribution in [2.45, 2.75) is 19.4 Å². The van der Waals surface area contributed by atoms with E-state index in [1.165, 1.54) is 12.8 Å². The Kier molecular flexibility index (Phi) is 4.31. The zero-order valence-electron chi connectivity index (χ0n) is 12.4. The normalized spacial score (nSPS) is 17.4. The van der Waals surface area contributed by atoms with E-state index in [4.69, 9.17) is 0 Å². The highest BCUT2D eigenvalue weighted by molar-refractivity contribution is 5.77. The number of nitrogens with one attached hydrogen (secondary N) is 2. The molecule has 0 unspecified atom stereocenters. The third kappa shape index (κ3) is 3.31. The van der Waals surface area contributed by atoms with Crippen molar-refractivity contribution in [1.29, 1.82) is 0 Å². The van der Waals surface area contributed by atoms with Crippen LogP contribution in [-0.2, 0) is 6.54 Å². The summed E-state index contributed by atoms with van der Waals surface area (Å²) in [4.78, 5) is 21.9. The molecule has 0 amide bonds. The summed E-state index contributed by atoms with van der Waals surface area (Å²) >= 11 is 0. The Morgan fingerprint density at radius 3 is 2.86 bits per heavy atom. The van der Waals surface area contributed by atoms with Crippen molar-refractivity contribution in [3.63, 3.8) is 0 Å². The zero-order valence-corrected chi connectivity index (χ0v) is 12.4. The molecule has 0 saturated carbocycles. The molecule has 21 heavy (non-hydrogen) atoms. The maximum atomic E-state index is 12.1. The second-order valence-corrected chi connectivity index (χ2v) is 5.81. The minimum absolute atomic E-state index is 0.0410. The van der Waals surface area contributed by atoms with Crippen molar-refractivity contribution in [3.8, 4) is 0 Å². The van der Waals surface area contributed by atoms with Crippen molar-refractivity contribution in [2.24, 2.45) is 5.92 Å². The molecule has 0 bridgehead atoms. The van der Waals surface area contributed by atoms with Gasteiger partial charge in [0, 0.05) is 0 Å². The number of likely N-dealkylation sites (tertiary alicyclic amines) is 1. The quantitative estimate of drug-likeness (QED) is 0.891.